The molecular weight excluding hydrogens is 1370 g/mol. The number of benzene rings is 9. The van der Waals surface area contributed by atoms with Crippen molar-refractivity contribution in [1.82, 2.24) is 37.2 Å². The summed E-state index contributed by atoms with van der Waals surface area (Å²) in [4.78, 5) is 120. The van der Waals surface area contributed by atoms with Crippen molar-refractivity contribution in [3.8, 4) is 91.2 Å². The van der Waals surface area contributed by atoms with Crippen LogP contribution in [0.15, 0.2) is 164 Å². The summed E-state index contributed by atoms with van der Waals surface area (Å²) < 4.78 is 24.6. The molecule has 27 nitrogen and oxygen atoms in total. The molecular formula is C73H55Cl2N7O20. The number of carbonyl (C=O) groups is 8. The zero-order chi connectivity index (χ0) is 71.7. The maximum atomic E-state index is 15.9. The van der Waals surface area contributed by atoms with Crippen molar-refractivity contribution in [2.45, 2.75) is 60.7 Å². The molecule has 0 saturated heterocycles. The first-order chi connectivity index (χ1) is 48.9. The predicted molar refractivity (Wildman–Crippen MR) is 359 cm³/mol. The van der Waals surface area contributed by atoms with Crippen molar-refractivity contribution < 1.29 is 98.2 Å². The molecule has 6 aliphatic heterocycles. The van der Waals surface area contributed by atoms with Gasteiger partial charge >= 0.3 is 12.1 Å². The third-order valence-electron chi connectivity index (χ3n) is 18.0. The molecule has 8 atom stereocenters. The van der Waals surface area contributed by atoms with E-state index in [4.69, 9.17) is 42.1 Å². The van der Waals surface area contributed by atoms with E-state index in [2.05, 4.69) is 37.2 Å². The second kappa shape index (κ2) is 26.5. The van der Waals surface area contributed by atoms with Crippen molar-refractivity contribution in [2.75, 3.05) is 6.61 Å². The molecule has 0 fully saturated rings. The molecule has 6 heterocycles. The molecule has 0 aromatic heterocycles. The standard InChI is InChI=1S/C73H55Cl2N7O20/c74-46-17-30-9-15-52(46)101-55-24-35-25-56(65(55)89)102-53-16-12-33(22-47(53)75)64(88)63-71(95)80-62(72(96)97)44-27-37(84)28-51(87)57(44)43-21-31(10-13-49(43)85)58(68(92)81-63)78-70(94)61(35)79-69(93)60-34-19-36(83)26-38(20-34)100-54-23-32(11-14-50(54)86)59(67(91)76-48(18-30)66(90)77-60)82-73(98)99-29-45-41-7-3-1-5-39(41)40-6-2-4-8-42(40)45/h1-17,19-28,45,48,58-64,83-89H,18,29H2,(H,76,91)(H,77,90)(H,78,94)(H,79,93)(H,80,95)(H,81,92)(H,82,98)(H,96,97)/t48-,58-,59-,60+,61-,62+,63+,64-/m1/s1. The van der Waals surface area contributed by atoms with Crippen molar-refractivity contribution in [3.05, 3.63) is 224 Å². The van der Waals surface area contributed by atoms with Gasteiger partial charge in [-0.25, -0.2) is 9.59 Å². The first kappa shape index (κ1) is 66.5. The van der Waals surface area contributed by atoms with Crippen LogP contribution < -0.4 is 51.4 Å². The van der Waals surface area contributed by atoms with Crippen LogP contribution in [0, 0.1) is 0 Å². The molecule has 516 valence electrons. The lowest BCUT2D eigenvalue weighted by Crippen LogP contribution is -2.55. The van der Waals surface area contributed by atoms with Crippen LogP contribution in [0.3, 0.4) is 0 Å². The molecule has 7 aliphatic rings. The average Bonchev–Trinajstić information content (AvgIpc) is 1.29. The minimum atomic E-state index is -2.23. The number of amides is 7. The van der Waals surface area contributed by atoms with Gasteiger partial charge < -0.3 is 97.0 Å². The Balaban J connectivity index is 0.904. The first-order valence-corrected chi connectivity index (χ1v) is 32.1. The molecule has 102 heavy (non-hydrogen) atoms. The highest BCUT2D eigenvalue weighted by Crippen LogP contribution is 2.49. The zero-order valence-electron chi connectivity index (χ0n) is 52.4. The van der Waals surface area contributed by atoms with Crippen LogP contribution in [0.25, 0.3) is 22.3 Å². The summed E-state index contributed by atoms with van der Waals surface area (Å²) in [6.07, 6.45) is -3.69. The fourth-order valence-electron chi connectivity index (χ4n) is 13.1. The van der Waals surface area contributed by atoms with Gasteiger partial charge in [-0.05, 0) is 134 Å². The second-order valence-electron chi connectivity index (χ2n) is 24.5. The van der Waals surface area contributed by atoms with E-state index in [1.807, 2.05) is 48.5 Å². The Labute approximate surface area is 585 Å². The Bertz CT molecular complexity index is 5030. The van der Waals surface area contributed by atoms with E-state index < -0.39 is 171 Å². The molecule has 0 saturated carbocycles. The van der Waals surface area contributed by atoms with E-state index >= 15 is 24.0 Å². The summed E-state index contributed by atoms with van der Waals surface area (Å²) >= 11 is 13.9. The van der Waals surface area contributed by atoms with Gasteiger partial charge in [-0.1, -0.05) is 96.0 Å². The molecule has 0 unspecified atom stereocenters. The fraction of sp³-hybridized carbons (Fsp3) is 0.151. The van der Waals surface area contributed by atoms with E-state index in [1.165, 1.54) is 48.5 Å². The van der Waals surface area contributed by atoms with Gasteiger partial charge in [0.15, 0.2) is 29.0 Å². The van der Waals surface area contributed by atoms with Crippen molar-refractivity contribution in [3.63, 3.8) is 0 Å². The van der Waals surface area contributed by atoms with Crippen molar-refractivity contribution in [2.24, 2.45) is 0 Å². The third kappa shape index (κ3) is 12.7. The predicted octanol–water partition coefficient (Wildman–Crippen LogP) is 8.56. The number of aromatic hydroxyl groups is 6. The number of carbonyl (C=O) groups excluding carboxylic acids is 7. The summed E-state index contributed by atoms with van der Waals surface area (Å²) in [6.45, 7) is -0.189. The van der Waals surface area contributed by atoms with Crippen LogP contribution in [0.4, 0.5) is 4.79 Å². The lowest BCUT2D eigenvalue weighted by molar-refractivity contribution is -0.143. The van der Waals surface area contributed by atoms with Crippen molar-refractivity contribution in [1.29, 1.82) is 0 Å². The maximum Gasteiger partial charge on any atom is 0.408 e. The highest BCUT2D eigenvalue weighted by molar-refractivity contribution is 6.32. The lowest BCUT2D eigenvalue weighted by Gasteiger charge is -2.31. The fourth-order valence-corrected chi connectivity index (χ4v) is 13.6. The van der Waals surface area contributed by atoms with Gasteiger partial charge in [0.25, 0.3) is 0 Å². The highest BCUT2D eigenvalue weighted by Gasteiger charge is 2.42. The number of halogens is 2. The Kier molecular flexibility index (Phi) is 17.3. The number of nitrogens with one attached hydrogen (secondary N) is 7. The number of fused-ring (bicyclic) bond motifs is 17. The molecule has 9 aromatic carbocycles. The Morgan fingerprint density at radius 3 is 1.73 bits per heavy atom. The summed E-state index contributed by atoms with van der Waals surface area (Å²) in [7, 11) is 0. The monoisotopic (exact) mass is 1420 g/mol. The Morgan fingerprint density at radius 2 is 1.06 bits per heavy atom. The van der Waals surface area contributed by atoms with Gasteiger partial charge in [-0.15, -0.1) is 0 Å². The average molecular weight is 1420 g/mol. The molecule has 29 heteroatoms. The van der Waals surface area contributed by atoms with Gasteiger partial charge in [-0.2, -0.15) is 0 Å². The van der Waals surface area contributed by atoms with E-state index in [-0.39, 0.29) is 73.0 Å². The number of ether oxygens (including phenoxy) is 4. The molecule has 1 aliphatic carbocycles. The number of hydrogen-bond donors (Lipinski definition) is 15. The topological polar surface area (TPSA) is 420 Å². The second-order valence-corrected chi connectivity index (χ2v) is 25.3. The molecule has 0 radical (unpaired) electrons. The van der Waals surface area contributed by atoms with E-state index in [9.17, 15) is 55.2 Å². The van der Waals surface area contributed by atoms with E-state index in [0.29, 0.717) is 0 Å². The zero-order valence-corrected chi connectivity index (χ0v) is 53.9. The van der Waals surface area contributed by atoms with Gasteiger partial charge in [0, 0.05) is 41.2 Å². The summed E-state index contributed by atoms with van der Waals surface area (Å²) in [5, 5.41) is 109. The normalized spacial score (nSPS) is 20.7. The molecule has 9 aromatic rings. The lowest BCUT2D eigenvalue weighted by atomic mass is 9.89. The summed E-state index contributed by atoms with van der Waals surface area (Å²) in [5.74, 6) is -16.2. The SMILES string of the molecule is O=C(N[C@H]1C(=O)N[C@@H]2Cc3ccc(c(Cl)c3)Oc3cc4cc(c3O)Oc3ccc(cc3Cl)[C@@H](O)[C@@H]3NC(=O)[C@H](NC(=O)[C@@H]4NC(=O)[C@@H](NC2=O)c2cc(O)cc(c2)Oc2cc1ccc2O)c1ccc(O)c(c1)-c1c(O)cc(O)cc1[C@@H](C(=O)O)NC3=O)OCC1c2ccccc2-c2ccccc21. The minimum Gasteiger partial charge on any atom is -0.508 e. The maximum absolute atomic E-state index is 15.9. The quantitative estimate of drug-likeness (QED) is 0.0784. The summed E-state index contributed by atoms with van der Waals surface area (Å²) in [5.41, 5.74) is 1.28. The number of alkyl carbamates (subject to hydrolysis) is 1. The number of aliphatic carboxylic acids is 1. The van der Waals surface area contributed by atoms with E-state index in [1.54, 1.807) is 0 Å². The van der Waals surface area contributed by atoms with E-state index in [0.717, 1.165) is 89.0 Å². The largest absolute Gasteiger partial charge is 0.508 e. The van der Waals surface area contributed by atoms with Crippen LogP contribution in [0.2, 0.25) is 10.0 Å². The van der Waals surface area contributed by atoms with Crippen LogP contribution in [-0.2, 0) is 44.7 Å². The van der Waals surface area contributed by atoms with Crippen LogP contribution in [-0.4, -0.2) is 107 Å². The molecule has 17 bridgehead atoms. The van der Waals surface area contributed by atoms with Gasteiger partial charge in [0.05, 0.1) is 10.0 Å². The smallest absolute Gasteiger partial charge is 0.408 e. The first-order valence-electron chi connectivity index (χ1n) is 31.3. The van der Waals surface area contributed by atoms with Crippen molar-refractivity contribution >= 4 is 70.7 Å². The van der Waals surface area contributed by atoms with Crippen LogP contribution in [0.5, 0.6) is 69.0 Å². The molecule has 15 N–H and O–H groups in total. The number of phenolic OH excluding ortho intramolecular Hbond substituents is 6. The minimum absolute atomic E-state index is 0.0162. The van der Waals surface area contributed by atoms with Gasteiger partial charge in [0.2, 0.25) is 41.2 Å². The van der Waals surface area contributed by atoms with Gasteiger partial charge in [-0.3, -0.25) is 28.8 Å². The Hall–Kier alpha value is -12.7. The Morgan fingerprint density at radius 1 is 0.480 bits per heavy atom. The number of rotatable bonds is 4. The number of aliphatic hydroxyl groups excluding tert-OH is 1. The number of carboxylic acids is 1. The number of carboxylic acid groups (broad SMARTS) is 1. The number of aliphatic hydroxyl groups is 1. The third-order valence-corrected chi connectivity index (χ3v) is 18.6. The number of hydrogen-bond acceptors (Lipinski definition) is 19. The van der Waals surface area contributed by atoms with Crippen LogP contribution >= 0.6 is 23.2 Å². The number of phenols is 6. The highest BCUT2D eigenvalue weighted by atomic mass is 35.5. The molecule has 0 spiro atoms. The molecule has 16 rings (SSSR count). The summed E-state index contributed by atoms with van der Waals surface area (Å²) in [6, 6.07) is 22.4. The van der Waals surface area contributed by atoms with Gasteiger partial charge in [0.1, 0.15) is 89.2 Å². The molecule has 7 amide bonds. The van der Waals surface area contributed by atoms with Crippen LogP contribution in [0.1, 0.15) is 92.3 Å².